The number of anilines is 2. The standard InChI is InChI=1S/C17H18N4S/c1-12-10-22-16-15(12)18-11-19-17(16)21-8-7-14(9-21)20-13-5-3-2-4-6-13/h2-6,10-11,14,20H,7-9H2,1H3. The summed E-state index contributed by atoms with van der Waals surface area (Å²) < 4.78 is 1.21. The van der Waals surface area contributed by atoms with E-state index in [0.29, 0.717) is 6.04 Å². The van der Waals surface area contributed by atoms with Gasteiger partial charge >= 0.3 is 0 Å². The predicted molar refractivity (Wildman–Crippen MR) is 92.8 cm³/mol. The van der Waals surface area contributed by atoms with Crippen molar-refractivity contribution in [1.82, 2.24) is 9.97 Å². The number of rotatable bonds is 3. The molecule has 1 unspecified atom stereocenters. The van der Waals surface area contributed by atoms with E-state index in [1.807, 2.05) is 6.07 Å². The van der Waals surface area contributed by atoms with Gasteiger partial charge < -0.3 is 10.2 Å². The summed E-state index contributed by atoms with van der Waals surface area (Å²) in [5.74, 6) is 1.08. The maximum Gasteiger partial charge on any atom is 0.150 e. The van der Waals surface area contributed by atoms with Crippen molar-refractivity contribution in [3.05, 3.63) is 47.6 Å². The van der Waals surface area contributed by atoms with Crippen LogP contribution in [-0.4, -0.2) is 29.1 Å². The van der Waals surface area contributed by atoms with Crippen LogP contribution in [0.25, 0.3) is 10.2 Å². The summed E-state index contributed by atoms with van der Waals surface area (Å²) in [6, 6.07) is 10.9. The van der Waals surface area contributed by atoms with Gasteiger partial charge in [-0.25, -0.2) is 9.97 Å². The Morgan fingerprint density at radius 3 is 2.95 bits per heavy atom. The van der Waals surface area contributed by atoms with Crippen molar-refractivity contribution in [2.75, 3.05) is 23.3 Å². The van der Waals surface area contributed by atoms with Crippen LogP contribution in [0.1, 0.15) is 12.0 Å². The van der Waals surface area contributed by atoms with E-state index >= 15 is 0 Å². The van der Waals surface area contributed by atoms with Crippen LogP contribution in [0, 0.1) is 6.92 Å². The molecule has 1 aliphatic rings. The van der Waals surface area contributed by atoms with Crippen molar-refractivity contribution < 1.29 is 0 Å². The van der Waals surface area contributed by atoms with Crippen LogP contribution in [0.15, 0.2) is 42.0 Å². The van der Waals surface area contributed by atoms with Gasteiger partial charge in [0.2, 0.25) is 0 Å². The van der Waals surface area contributed by atoms with Crippen molar-refractivity contribution in [2.45, 2.75) is 19.4 Å². The SMILES string of the molecule is Cc1csc2c(N3CCC(Nc4ccccc4)C3)ncnc12. The zero-order valence-corrected chi connectivity index (χ0v) is 13.3. The van der Waals surface area contributed by atoms with Gasteiger partial charge in [0.15, 0.2) is 0 Å². The highest BCUT2D eigenvalue weighted by molar-refractivity contribution is 7.18. The predicted octanol–water partition coefficient (Wildman–Crippen LogP) is 3.69. The van der Waals surface area contributed by atoms with Crippen LogP contribution in [0.4, 0.5) is 11.5 Å². The van der Waals surface area contributed by atoms with Gasteiger partial charge in [0.25, 0.3) is 0 Å². The number of fused-ring (bicyclic) bond motifs is 1. The highest BCUT2D eigenvalue weighted by Crippen LogP contribution is 2.32. The zero-order chi connectivity index (χ0) is 14.9. The van der Waals surface area contributed by atoms with E-state index in [1.54, 1.807) is 17.7 Å². The van der Waals surface area contributed by atoms with E-state index in [2.05, 4.69) is 56.8 Å². The molecule has 1 aromatic carbocycles. The number of aryl methyl sites for hydroxylation is 1. The minimum atomic E-state index is 0.466. The largest absolute Gasteiger partial charge is 0.380 e. The van der Waals surface area contributed by atoms with Crippen molar-refractivity contribution in [1.29, 1.82) is 0 Å². The Hall–Kier alpha value is -2.14. The minimum absolute atomic E-state index is 0.466. The molecule has 0 bridgehead atoms. The van der Waals surface area contributed by atoms with E-state index in [9.17, 15) is 0 Å². The van der Waals surface area contributed by atoms with Crippen LogP contribution in [-0.2, 0) is 0 Å². The number of aromatic nitrogens is 2. The van der Waals surface area contributed by atoms with Crippen molar-refractivity contribution in [3.63, 3.8) is 0 Å². The molecule has 0 radical (unpaired) electrons. The first kappa shape index (κ1) is 13.5. The number of thiophene rings is 1. The second kappa shape index (κ2) is 5.57. The fourth-order valence-electron chi connectivity index (χ4n) is 3.02. The summed E-state index contributed by atoms with van der Waals surface area (Å²) in [5, 5.41) is 5.78. The summed E-state index contributed by atoms with van der Waals surface area (Å²) >= 11 is 1.75. The Kier molecular flexibility index (Phi) is 3.42. The maximum absolute atomic E-state index is 4.54. The molecule has 112 valence electrons. The molecule has 1 aliphatic heterocycles. The summed E-state index contributed by atoms with van der Waals surface area (Å²) in [6.45, 7) is 4.13. The van der Waals surface area contributed by atoms with Gasteiger partial charge in [-0.05, 0) is 36.4 Å². The molecule has 4 rings (SSSR count). The Bertz CT molecular complexity index is 784. The summed E-state index contributed by atoms with van der Waals surface area (Å²) in [6.07, 6.45) is 2.82. The van der Waals surface area contributed by atoms with Gasteiger partial charge in [-0.3, -0.25) is 0 Å². The van der Waals surface area contributed by atoms with E-state index in [-0.39, 0.29) is 0 Å². The van der Waals surface area contributed by atoms with Crippen molar-refractivity contribution >= 4 is 33.1 Å². The second-order valence-electron chi connectivity index (χ2n) is 5.74. The number of para-hydroxylation sites is 1. The number of benzene rings is 1. The first-order valence-corrected chi connectivity index (χ1v) is 8.44. The van der Waals surface area contributed by atoms with Crippen molar-refractivity contribution in [3.8, 4) is 0 Å². The monoisotopic (exact) mass is 310 g/mol. The molecule has 1 N–H and O–H groups in total. The lowest BCUT2D eigenvalue weighted by atomic mass is 10.2. The summed E-state index contributed by atoms with van der Waals surface area (Å²) in [7, 11) is 0. The molecule has 3 heterocycles. The van der Waals surface area contributed by atoms with Gasteiger partial charge in [-0.15, -0.1) is 11.3 Å². The summed E-state index contributed by atoms with van der Waals surface area (Å²) in [5.41, 5.74) is 3.52. The number of hydrogen-bond donors (Lipinski definition) is 1. The molecule has 5 heteroatoms. The van der Waals surface area contributed by atoms with Gasteiger partial charge in [-0.2, -0.15) is 0 Å². The average molecular weight is 310 g/mol. The Balaban J connectivity index is 1.54. The minimum Gasteiger partial charge on any atom is -0.380 e. The molecule has 1 atom stereocenters. The molecule has 0 amide bonds. The fourth-order valence-corrected chi connectivity index (χ4v) is 4.04. The summed E-state index contributed by atoms with van der Waals surface area (Å²) in [4.78, 5) is 11.3. The highest BCUT2D eigenvalue weighted by atomic mass is 32.1. The van der Waals surface area contributed by atoms with Crippen LogP contribution in [0.5, 0.6) is 0 Å². The molecule has 0 aliphatic carbocycles. The molecule has 2 aromatic heterocycles. The number of hydrogen-bond acceptors (Lipinski definition) is 5. The second-order valence-corrected chi connectivity index (χ2v) is 6.62. The molecule has 22 heavy (non-hydrogen) atoms. The van der Waals surface area contributed by atoms with E-state index in [1.165, 1.54) is 16.0 Å². The number of nitrogens with one attached hydrogen (secondary N) is 1. The average Bonchev–Trinajstić information content (AvgIpc) is 3.16. The molecule has 0 spiro atoms. The third-order valence-corrected chi connectivity index (χ3v) is 5.23. The van der Waals surface area contributed by atoms with Gasteiger partial charge in [0, 0.05) is 24.8 Å². The van der Waals surface area contributed by atoms with Crippen LogP contribution in [0.2, 0.25) is 0 Å². The third kappa shape index (κ3) is 2.41. The highest BCUT2D eigenvalue weighted by Gasteiger charge is 2.25. The van der Waals surface area contributed by atoms with Crippen LogP contribution < -0.4 is 10.2 Å². The Morgan fingerprint density at radius 2 is 2.09 bits per heavy atom. The first-order valence-electron chi connectivity index (χ1n) is 7.56. The molecule has 0 saturated carbocycles. The smallest absolute Gasteiger partial charge is 0.150 e. The van der Waals surface area contributed by atoms with Crippen LogP contribution in [0.3, 0.4) is 0 Å². The number of nitrogens with zero attached hydrogens (tertiary/aromatic N) is 3. The zero-order valence-electron chi connectivity index (χ0n) is 12.5. The first-order chi connectivity index (χ1) is 10.8. The third-order valence-electron chi connectivity index (χ3n) is 4.14. The lowest BCUT2D eigenvalue weighted by Crippen LogP contribution is -2.26. The topological polar surface area (TPSA) is 41.0 Å². The van der Waals surface area contributed by atoms with Crippen LogP contribution >= 0.6 is 11.3 Å². The normalized spacial score (nSPS) is 18.0. The van der Waals surface area contributed by atoms with E-state index in [0.717, 1.165) is 30.8 Å². The van der Waals surface area contributed by atoms with E-state index in [4.69, 9.17) is 0 Å². The van der Waals surface area contributed by atoms with Crippen molar-refractivity contribution in [2.24, 2.45) is 0 Å². The molecule has 4 nitrogen and oxygen atoms in total. The fraction of sp³-hybridized carbons (Fsp3) is 0.294. The lowest BCUT2D eigenvalue weighted by Gasteiger charge is -2.19. The molecular formula is C17H18N4S. The van der Waals surface area contributed by atoms with Gasteiger partial charge in [0.05, 0.1) is 10.2 Å². The van der Waals surface area contributed by atoms with Gasteiger partial charge in [-0.1, -0.05) is 18.2 Å². The van der Waals surface area contributed by atoms with E-state index < -0.39 is 0 Å². The quantitative estimate of drug-likeness (QED) is 0.801. The Morgan fingerprint density at radius 1 is 1.23 bits per heavy atom. The molecular weight excluding hydrogens is 292 g/mol. The molecule has 3 aromatic rings. The lowest BCUT2D eigenvalue weighted by molar-refractivity contribution is 0.806. The Labute approximate surface area is 133 Å². The maximum atomic E-state index is 4.54. The molecule has 1 fully saturated rings. The molecule has 1 saturated heterocycles. The van der Waals surface area contributed by atoms with Gasteiger partial charge in [0.1, 0.15) is 12.1 Å².